The number of aryl methyl sites for hydroxylation is 2. The van der Waals surface area contributed by atoms with E-state index in [4.69, 9.17) is 0 Å². The van der Waals surface area contributed by atoms with Crippen LogP contribution in [0.15, 0.2) is 6.07 Å². The van der Waals surface area contributed by atoms with Gasteiger partial charge < -0.3 is 5.32 Å². The molecule has 96 valence electrons. The van der Waals surface area contributed by atoms with Crippen molar-refractivity contribution in [1.29, 1.82) is 0 Å². The Morgan fingerprint density at radius 3 is 2.83 bits per heavy atom. The lowest BCUT2D eigenvalue weighted by Gasteiger charge is -2.11. The van der Waals surface area contributed by atoms with Crippen LogP contribution < -0.4 is 5.32 Å². The highest BCUT2D eigenvalue weighted by molar-refractivity contribution is 5.39. The molecule has 0 atom stereocenters. The molecular weight excluding hydrogens is 226 g/mol. The van der Waals surface area contributed by atoms with Gasteiger partial charge in [-0.3, -0.25) is 4.40 Å². The smallest absolute Gasteiger partial charge is 0.164 e. The monoisotopic (exact) mass is 245 g/mol. The van der Waals surface area contributed by atoms with Crippen LogP contribution in [0.3, 0.4) is 0 Å². The normalized spacial score (nSPS) is 16.8. The molecule has 0 spiro atoms. The van der Waals surface area contributed by atoms with Crippen LogP contribution in [0.5, 0.6) is 0 Å². The Labute approximate surface area is 107 Å². The van der Waals surface area contributed by atoms with Crippen molar-refractivity contribution in [2.24, 2.45) is 0 Å². The fraction of sp³-hybridized carbons (Fsp3) is 0.615. The van der Waals surface area contributed by atoms with Crippen molar-refractivity contribution in [3.63, 3.8) is 0 Å². The second-order valence-electron chi connectivity index (χ2n) is 5.12. The summed E-state index contributed by atoms with van der Waals surface area (Å²) in [5.41, 5.74) is 1.88. The third kappa shape index (κ3) is 2.10. The first kappa shape index (κ1) is 11.6. The summed E-state index contributed by atoms with van der Waals surface area (Å²) < 4.78 is 2.04. The molecule has 2 heterocycles. The van der Waals surface area contributed by atoms with Gasteiger partial charge in [-0.2, -0.15) is 0 Å². The minimum Gasteiger partial charge on any atom is -0.307 e. The number of hydrogen-bond acceptors (Lipinski definition) is 4. The van der Waals surface area contributed by atoms with E-state index in [1.54, 1.807) is 0 Å². The van der Waals surface area contributed by atoms with Gasteiger partial charge in [-0.25, -0.2) is 4.98 Å². The lowest BCUT2D eigenvalue weighted by atomic mass is 10.2. The molecule has 1 saturated carbocycles. The summed E-state index contributed by atoms with van der Waals surface area (Å²) in [6.45, 7) is 4.76. The predicted molar refractivity (Wildman–Crippen MR) is 69.4 cm³/mol. The molecule has 0 bridgehead atoms. The zero-order valence-corrected chi connectivity index (χ0v) is 11.0. The SMILES string of the molecule is Cc1cc2nnc(CNC3CCCC3)n2c(C)n1. The van der Waals surface area contributed by atoms with Gasteiger partial charge in [0.2, 0.25) is 0 Å². The number of hydrogen-bond donors (Lipinski definition) is 1. The van der Waals surface area contributed by atoms with E-state index in [9.17, 15) is 0 Å². The first-order valence-electron chi connectivity index (χ1n) is 6.65. The van der Waals surface area contributed by atoms with E-state index in [-0.39, 0.29) is 0 Å². The quantitative estimate of drug-likeness (QED) is 0.895. The molecule has 5 nitrogen and oxygen atoms in total. The molecule has 2 aromatic heterocycles. The number of aromatic nitrogens is 4. The van der Waals surface area contributed by atoms with Crippen molar-refractivity contribution in [1.82, 2.24) is 24.9 Å². The molecule has 1 fully saturated rings. The van der Waals surface area contributed by atoms with Gasteiger partial charge >= 0.3 is 0 Å². The first-order chi connectivity index (χ1) is 8.74. The van der Waals surface area contributed by atoms with Gasteiger partial charge in [-0.05, 0) is 26.7 Å². The lowest BCUT2D eigenvalue weighted by Crippen LogP contribution is -2.26. The van der Waals surface area contributed by atoms with Gasteiger partial charge in [-0.1, -0.05) is 12.8 Å². The average Bonchev–Trinajstić information content (AvgIpc) is 2.94. The van der Waals surface area contributed by atoms with Crippen molar-refractivity contribution >= 4 is 5.65 Å². The maximum absolute atomic E-state index is 4.47. The van der Waals surface area contributed by atoms with Crippen LogP contribution in [0.4, 0.5) is 0 Å². The lowest BCUT2D eigenvalue weighted by molar-refractivity contribution is 0.510. The van der Waals surface area contributed by atoms with Crippen molar-refractivity contribution in [2.45, 2.75) is 52.1 Å². The predicted octanol–water partition coefficient (Wildman–Crippen LogP) is 1.77. The molecule has 2 aromatic rings. The second-order valence-corrected chi connectivity index (χ2v) is 5.12. The molecule has 0 unspecified atom stereocenters. The highest BCUT2D eigenvalue weighted by Crippen LogP contribution is 2.18. The third-order valence-electron chi connectivity index (χ3n) is 3.66. The fourth-order valence-electron chi connectivity index (χ4n) is 2.78. The zero-order chi connectivity index (χ0) is 12.5. The molecule has 1 aliphatic rings. The zero-order valence-electron chi connectivity index (χ0n) is 11.0. The molecule has 0 aromatic carbocycles. The van der Waals surface area contributed by atoms with E-state index in [1.165, 1.54) is 25.7 Å². The third-order valence-corrected chi connectivity index (χ3v) is 3.66. The maximum Gasteiger partial charge on any atom is 0.164 e. The Kier molecular flexibility index (Phi) is 2.99. The Morgan fingerprint density at radius 2 is 2.06 bits per heavy atom. The van der Waals surface area contributed by atoms with Gasteiger partial charge in [0.15, 0.2) is 11.5 Å². The first-order valence-corrected chi connectivity index (χ1v) is 6.65. The molecule has 0 radical (unpaired) electrons. The van der Waals surface area contributed by atoms with Crippen LogP contribution in [0.1, 0.15) is 43.0 Å². The number of nitrogens with one attached hydrogen (secondary N) is 1. The minimum atomic E-state index is 0.649. The Bertz CT molecular complexity index is 554. The van der Waals surface area contributed by atoms with Crippen molar-refractivity contribution in [2.75, 3.05) is 0 Å². The number of fused-ring (bicyclic) bond motifs is 1. The molecule has 3 rings (SSSR count). The van der Waals surface area contributed by atoms with Gasteiger partial charge in [0.25, 0.3) is 0 Å². The van der Waals surface area contributed by atoms with Crippen LogP contribution in [-0.4, -0.2) is 25.6 Å². The molecular formula is C13H19N5. The fourth-order valence-corrected chi connectivity index (χ4v) is 2.78. The second kappa shape index (κ2) is 4.65. The van der Waals surface area contributed by atoms with Crippen LogP contribution in [0.2, 0.25) is 0 Å². The summed E-state index contributed by atoms with van der Waals surface area (Å²) in [5.74, 6) is 1.92. The summed E-state index contributed by atoms with van der Waals surface area (Å²) >= 11 is 0. The van der Waals surface area contributed by atoms with E-state index in [0.717, 1.165) is 29.5 Å². The van der Waals surface area contributed by atoms with Gasteiger partial charge in [0.1, 0.15) is 5.82 Å². The summed E-state index contributed by atoms with van der Waals surface area (Å²) in [5, 5.41) is 12.1. The Hall–Kier alpha value is -1.49. The van der Waals surface area contributed by atoms with E-state index >= 15 is 0 Å². The van der Waals surface area contributed by atoms with E-state index in [1.807, 2.05) is 24.3 Å². The maximum atomic E-state index is 4.47. The summed E-state index contributed by atoms with van der Waals surface area (Å²) in [4.78, 5) is 4.47. The molecule has 5 heteroatoms. The Balaban J connectivity index is 1.83. The standard InChI is InChI=1S/C13H19N5/c1-9-7-12-16-17-13(18(12)10(2)15-9)8-14-11-5-3-4-6-11/h7,11,14H,3-6,8H2,1-2H3. The van der Waals surface area contributed by atoms with Crippen molar-refractivity contribution in [3.05, 3.63) is 23.4 Å². The molecule has 1 aliphatic carbocycles. The van der Waals surface area contributed by atoms with Gasteiger partial charge in [0, 0.05) is 17.8 Å². The van der Waals surface area contributed by atoms with Gasteiger partial charge in [0.05, 0.1) is 6.54 Å². The Morgan fingerprint density at radius 1 is 1.28 bits per heavy atom. The van der Waals surface area contributed by atoms with Crippen molar-refractivity contribution < 1.29 is 0 Å². The van der Waals surface area contributed by atoms with E-state index in [0.29, 0.717) is 6.04 Å². The topological polar surface area (TPSA) is 55.1 Å². The van der Waals surface area contributed by atoms with Gasteiger partial charge in [-0.15, -0.1) is 10.2 Å². The number of nitrogens with zero attached hydrogens (tertiary/aromatic N) is 4. The summed E-state index contributed by atoms with van der Waals surface area (Å²) in [6.07, 6.45) is 5.26. The van der Waals surface area contributed by atoms with E-state index in [2.05, 4.69) is 20.5 Å². The molecule has 0 saturated heterocycles. The largest absolute Gasteiger partial charge is 0.307 e. The van der Waals surface area contributed by atoms with E-state index < -0.39 is 0 Å². The average molecular weight is 245 g/mol. The summed E-state index contributed by atoms with van der Waals surface area (Å²) in [6, 6.07) is 2.62. The molecule has 18 heavy (non-hydrogen) atoms. The summed E-state index contributed by atoms with van der Waals surface area (Å²) in [7, 11) is 0. The van der Waals surface area contributed by atoms with Crippen LogP contribution in [0.25, 0.3) is 5.65 Å². The molecule has 0 amide bonds. The van der Waals surface area contributed by atoms with Crippen LogP contribution >= 0.6 is 0 Å². The molecule has 0 aliphatic heterocycles. The molecule has 1 N–H and O–H groups in total. The van der Waals surface area contributed by atoms with Crippen LogP contribution in [-0.2, 0) is 6.54 Å². The highest BCUT2D eigenvalue weighted by Gasteiger charge is 2.16. The minimum absolute atomic E-state index is 0.649. The van der Waals surface area contributed by atoms with Crippen LogP contribution in [0, 0.1) is 13.8 Å². The number of rotatable bonds is 3. The van der Waals surface area contributed by atoms with Crippen molar-refractivity contribution in [3.8, 4) is 0 Å². The highest BCUT2D eigenvalue weighted by atomic mass is 15.3.